The van der Waals surface area contributed by atoms with E-state index in [2.05, 4.69) is 12.2 Å². The number of carbonyl (C=O) groups is 1. The molecule has 3 nitrogen and oxygen atoms in total. The normalized spacial score (nSPS) is 13.2. The number of rotatable bonds is 4. The molecule has 0 radical (unpaired) electrons. The van der Waals surface area contributed by atoms with Crippen LogP contribution < -0.4 is 5.32 Å². The van der Waals surface area contributed by atoms with Crippen molar-refractivity contribution in [3.05, 3.63) is 0 Å². The summed E-state index contributed by atoms with van der Waals surface area (Å²) in [6.07, 6.45) is 0.985. The van der Waals surface area contributed by atoms with Gasteiger partial charge < -0.3 is 10.2 Å². The number of carbonyl (C=O) groups excluding carboxylic acids is 1. The molecule has 0 aliphatic heterocycles. The van der Waals surface area contributed by atoms with Crippen LogP contribution in [-0.4, -0.2) is 37.5 Å². The monoisotopic (exact) mass is 158 g/mol. The van der Waals surface area contributed by atoms with Gasteiger partial charge in [0, 0.05) is 6.04 Å². The van der Waals surface area contributed by atoms with Gasteiger partial charge in [-0.1, -0.05) is 6.92 Å². The lowest BCUT2D eigenvalue weighted by Gasteiger charge is -2.13. The Labute approximate surface area is 68.8 Å². The maximum Gasteiger partial charge on any atom is 0.234 e. The van der Waals surface area contributed by atoms with E-state index in [-0.39, 0.29) is 5.91 Å². The van der Waals surface area contributed by atoms with Gasteiger partial charge in [-0.15, -0.1) is 0 Å². The number of likely N-dealkylation sites (N-methyl/N-ethyl adjacent to an activating group) is 1. The Morgan fingerprint density at radius 1 is 1.55 bits per heavy atom. The first-order chi connectivity index (χ1) is 5.06. The average Bonchev–Trinajstić information content (AvgIpc) is 1.85. The molecule has 66 valence electrons. The highest BCUT2D eigenvalue weighted by Crippen LogP contribution is 1.87. The van der Waals surface area contributed by atoms with Gasteiger partial charge >= 0.3 is 0 Å². The zero-order chi connectivity index (χ0) is 8.85. The third kappa shape index (κ3) is 5.85. The summed E-state index contributed by atoms with van der Waals surface area (Å²) in [5.74, 6) is 0.101. The zero-order valence-electron chi connectivity index (χ0n) is 7.85. The zero-order valence-corrected chi connectivity index (χ0v) is 7.85. The fourth-order valence-electron chi connectivity index (χ4n) is 0.710. The molecule has 0 aromatic carbocycles. The van der Waals surface area contributed by atoms with Crippen LogP contribution in [0.15, 0.2) is 0 Å². The van der Waals surface area contributed by atoms with Gasteiger partial charge in [0.15, 0.2) is 0 Å². The molecule has 3 heteroatoms. The van der Waals surface area contributed by atoms with Crippen molar-refractivity contribution in [3.8, 4) is 0 Å². The van der Waals surface area contributed by atoms with E-state index in [1.807, 2.05) is 25.9 Å². The fraction of sp³-hybridized carbons (Fsp3) is 0.875. The standard InChI is InChI=1S/C8H18N2O/c1-5-7(2)9-8(11)6-10(3)4/h7H,5-6H2,1-4H3,(H,9,11). The van der Waals surface area contributed by atoms with Crippen LogP contribution in [0.1, 0.15) is 20.3 Å². The first kappa shape index (κ1) is 10.4. The predicted octanol–water partition coefficient (Wildman–Crippen LogP) is 0.463. The van der Waals surface area contributed by atoms with Gasteiger partial charge in [0.25, 0.3) is 0 Å². The van der Waals surface area contributed by atoms with Crippen molar-refractivity contribution in [2.75, 3.05) is 20.6 Å². The highest BCUT2D eigenvalue weighted by molar-refractivity contribution is 5.78. The van der Waals surface area contributed by atoms with Crippen LogP contribution in [0, 0.1) is 0 Å². The van der Waals surface area contributed by atoms with Crippen LogP contribution in [-0.2, 0) is 4.79 Å². The van der Waals surface area contributed by atoms with Crippen molar-refractivity contribution >= 4 is 5.91 Å². The summed E-state index contributed by atoms with van der Waals surface area (Å²) in [5.41, 5.74) is 0. The van der Waals surface area contributed by atoms with Gasteiger partial charge in [0.2, 0.25) is 5.91 Å². The van der Waals surface area contributed by atoms with Crippen molar-refractivity contribution in [3.63, 3.8) is 0 Å². The summed E-state index contributed by atoms with van der Waals surface area (Å²) in [7, 11) is 3.77. The summed E-state index contributed by atoms with van der Waals surface area (Å²) in [4.78, 5) is 12.9. The summed E-state index contributed by atoms with van der Waals surface area (Å²) >= 11 is 0. The molecule has 0 saturated carbocycles. The number of amides is 1. The van der Waals surface area contributed by atoms with Gasteiger partial charge in [-0.2, -0.15) is 0 Å². The van der Waals surface area contributed by atoms with Crippen molar-refractivity contribution in [1.29, 1.82) is 0 Å². The van der Waals surface area contributed by atoms with Crippen LogP contribution in [0.4, 0.5) is 0 Å². The quantitative estimate of drug-likeness (QED) is 0.644. The van der Waals surface area contributed by atoms with Crippen molar-refractivity contribution < 1.29 is 4.79 Å². The summed E-state index contributed by atoms with van der Waals surface area (Å²) in [6.45, 7) is 4.54. The third-order valence-electron chi connectivity index (χ3n) is 1.48. The Morgan fingerprint density at radius 2 is 2.09 bits per heavy atom. The van der Waals surface area contributed by atoms with E-state index in [9.17, 15) is 4.79 Å². The number of nitrogens with one attached hydrogen (secondary N) is 1. The molecule has 11 heavy (non-hydrogen) atoms. The molecule has 0 aromatic heterocycles. The topological polar surface area (TPSA) is 32.3 Å². The highest BCUT2D eigenvalue weighted by Gasteiger charge is 2.04. The number of hydrogen-bond acceptors (Lipinski definition) is 2. The Kier molecular flexibility index (Phi) is 4.86. The van der Waals surface area contributed by atoms with Crippen LogP contribution in [0.5, 0.6) is 0 Å². The van der Waals surface area contributed by atoms with E-state index < -0.39 is 0 Å². The Balaban J connectivity index is 3.52. The van der Waals surface area contributed by atoms with Gasteiger partial charge in [-0.3, -0.25) is 4.79 Å². The van der Waals surface area contributed by atoms with Gasteiger partial charge in [0.05, 0.1) is 6.54 Å². The van der Waals surface area contributed by atoms with Crippen LogP contribution >= 0.6 is 0 Å². The van der Waals surface area contributed by atoms with Crippen LogP contribution in [0.3, 0.4) is 0 Å². The molecule has 0 aromatic rings. The third-order valence-corrected chi connectivity index (χ3v) is 1.48. The van der Waals surface area contributed by atoms with Crippen LogP contribution in [0.2, 0.25) is 0 Å². The molecule has 0 spiro atoms. The second kappa shape index (κ2) is 5.13. The molecule has 0 fully saturated rings. The van der Waals surface area contributed by atoms with Gasteiger partial charge in [-0.25, -0.2) is 0 Å². The first-order valence-electron chi connectivity index (χ1n) is 4.00. The van der Waals surface area contributed by atoms with Gasteiger partial charge in [-0.05, 0) is 27.4 Å². The van der Waals surface area contributed by atoms with Crippen LogP contribution in [0.25, 0.3) is 0 Å². The minimum Gasteiger partial charge on any atom is -0.353 e. The molecule has 1 atom stereocenters. The maximum atomic E-state index is 11.1. The lowest BCUT2D eigenvalue weighted by atomic mass is 10.2. The SMILES string of the molecule is CCC(C)NC(=O)CN(C)C. The first-order valence-corrected chi connectivity index (χ1v) is 4.00. The van der Waals surface area contributed by atoms with E-state index >= 15 is 0 Å². The average molecular weight is 158 g/mol. The van der Waals surface area contributed by atoms with E-state index in [0.29, 0.717) is 12.6 Å². The van der Waals surface area contributed by atoms with Crippen molar-refractivity contribution in [1.82, 2.24) is 10.2 Å². The molecule has 1 unspecified atom stereocenters. The largest absolute Gasteiger partial charge is 0.353 e. The minimum absolute atomic E-state index is 0.101. The Bertz CT molecular complexity index is 123. The van der Waals surface area contributed by atoms with E-state index in [1.54, 1.807) is 0 Å². The van der Waals surface area contributed by atoms with E-state index in [1.165, 1.54) is 0 Å². The summed E-state index contributed by atoms with van der Waals surface area (Å²) in [6, 6.07) is 0.294. The Hall–Kier alpha value is -0.570. The number of hydrogen-bond donors (Lipinski definition) is 1. The van der Waals surface area contributed by atoms with E-state index in [4.69, 9.17) is 0 Å². The fourth-order valence-corrected chi connectivity index (χ4v) is 0.710. The number of nitrogens with zero attached hydrogens (tertiary/aromatic N) is 1. The maximum absolute atomic E-state index is 11.1. The molecule has 1 N–H and O–H groups in total. The van der Waals surface area contributed by atoms with Gasteiger partial charge in [0.1, 0.15) is 0 Å². The second-order valence-corrected chi connectivity index (χ2v) is 3.11. The summed E-state index contributed by atoms with van der Waals surface area (Å²) in [5, 5.41) is 2.88. The lowest BCUT2D eigenvalue weighted by Crippen LogP contribution is -2.38. The molecular weight excluding hydrogens is 140 g/mol. The predicted molar refractivity (Wildman–Crippen MR) is 46.4 cm³/mol. The molecule has 0 bridgehead atoms. The van der Waals surface area contributed by atoms with Crippen molar-refractivity contribution in [2.45, 2.75) is 26.3 Å². The molecular formula is C8H18N2O. The summed E-state index contributed by atoms with van der Waals surface area (Å²) < 4.78 is 0. The molecule has 0 heterocycles. The lowest BCUT2D eigenvalue weighted by molar-refractivity contribution is -0.122. The van der Waals surface area contributed by atoms with E-state index in [0.717, 1.165) is 6.42 Å². The van der Waals surface area contributed by atoms with Crippen molar-refractivity contribution in [2.24, 2.45) is 0 Å². The molecule has 0 rings (SSSR count). The smallest absolute Gasteiger partial charge is 0.234 e. The molecule has 1 amide bonds. The minimum atomic E-state index is 0.101. The Morgan fingerprint density at radius 3 is 2.45 bits per heavy atom. The highest BCUT2D eigenvalue weighted by atomic mass is 16.2. The molecule has 0 saturated heterocycles. The molecule has 0 aliphatic carbocycles. The second-order valence-electron chi connectivity index (χ2n) is 3.11. The molecule has 0 aliphatic rings.